The van der Waals surface area contributed by atoms with Crippen LogP contribution in [0.15, 0.2) is 71.5 Å². The van der Waals surface area contributed by atoms with Crippen LogP contribution in [0.4, 0.5) is 0 Å². The van der Waals surface area contributed by atoms with Crippen molar-refractivity contribution in [1.82, 2.24) is 14.5 Å². The number of aromatic nitrogens is 2. The van der Waals surface area contributed by atoms with Gasteiger partial charge in [0.25, 0.3) is 5.56 Å². The van der Waals surface area contributed by atoms with Crippen molar-refractivity contribution >= 4 is 10.9 Å². The summed E-state index contributed by atoms with van der Waals surface area (Å²) in [7, 11) is 3.32. The van der Waals surface area contributed by atoms with E-state index in [1.807, 2.05) is 71.3 Å². The first-order chi connectivity index (χ1) is 18.0. The van der Waals surface area contributed by atoms with Gasteiger partial charge in [0.15, 0.2) is 0 Å². The maximum atomic E-state index is 14.1. The standard InChI is InChI=1S/C31H35N3O3/c1-21(2)33-17-7-8-22(19-33)20-34-30(26-9-5-6-10-29(26)37-4)32-28-16-13-24(18-27(28)31(34)35)23-11-14-25(36-3)15-12-23/h5-6,9-16,18,21-22H,7-8,17,19-20H2,1-4H3. The molecule has 3 aromatic carbocycles. The molecule has 0 bridgehead atoms. The zero-order chi connectivity index (χ0) is 25.9. The third-order valence-corrected chi connectivity index (χ3v) is 7.45. The second kappa shape index (κ2) is 10.8. The minimum atomic E-state index is -0.0112. The Morgan fingerprint density at radius 2 is 1.73 bits per heavy atom. The highest BCUT2D eigenvalue weighted by molar-refractivity contribution is 5.85. The lowest BCUT2D eigenvalue weighted by molar-refractivity contribution is 0.130. The second-order valence-corrected chi connectivity index (χ2v) is 10.1. The zero-order valence-electron chi connectivity index (χ0n) is 22.1. The zero-order valence-corrected chi connectivity index (χ0v) is 22.1. The van der Waals surface area contributed by atoms with E-state index in [4.69, 9.17) is 14.5 Å². The predicted octanol–water partition coefficient (Wildman–Crippen LogP) is 5.87. The van der Waals surface area contributed by atoms with Crippen LogP contribution < -0.4 is 15.0 Å². The van der Waals surface area contributed by atoms with E-state index in [-0.39, 0.29) is 5.56 Å². The van der Waals surface area contributed by atoms with Crippen LogP contribution in [-0.4, -0.2) is 47.8 Å². The van der Waals surface area contributed by atoms with Gasteiger partial charge in [0, 0.05) is 19.1 Å². The van der Waals surface area contributed by atoms with Crippen molar-refractivity contribution in [3.63, 3.8) is 0 Å². The summed E-state index contributed by atoms with van der Waals surface area (Å²) in [5, 5.41) is 0.628. The summed E-state index contributed by atoms with van der Waals surface area (Å²) in [5.41, 5.74) is 3.52. The van der Waals surface area contributed by atoms with Crippen LogP contribution in [-0.2, 0) is 6.54 Å². The van der Waals surface area contributed by atoms with Crippen molar-refractivity contribution in [2.24, 2.45) is 5.92 Å². The molecule has 1 aromatic heterocycles. The Labute approximate surface area is 218 Å². The first-order valence-electron chi connectivity index (χ1n) is 13.0. The highest BCUT2D eigenvalue weighted by atomic mass is 16.5. The number of likely N-dealkylation sites (tertiary alicyclic amines) is 1. The number of ether oxygens (including phenoxy) is 2. The van der Waals surface area contributed by atoms with Gasteiger partial charge in [-0.1, -0.05) is 30.3 Å². The Morgan fingerprint density at radius 3 is 2.46 bits per heavy atom. The lowest BCUT2D eigenvalue weighted by Gasteiger charge is -2.36. The van der Waals surface area contributed by atoms with Crippen LogP contribution in [0.25, 0.3) is 33.4 Å². The molecule has 0 spiro atoms. The molecule has 192 valence electrons. The molecule has 0 amide bonds. The molecule has 1 fully saturated rings. The Balaban J connectivity index is 1.64. The van der Waals surface area contributed by atoms with E-state index in [9.17, 15) is 4.79 Å². The number of piperidine rings is 1. The van der Waals surface area contributed by atoms with Gasteiger partial charge in [0.2, 0.25) is 0 Å². The quantitative estimate of drug-likeness (QED) is 0.320. The lowest BCUT2D eigenvalue weighted by Crippen LogP contribution is -2.42. The fourth-order valence-electron chi connectivity index (χ4n) is 5.36. The topological polar surface area (TPSA) is 56.6 Å². The Bertz CT molecular complexity index is 1440. The first kappa shape index (κ1) is 25.0. The van der Waals surface area contributed by atoms with E-state index in [1.165, 1.54) is 0 Å². The van der Waals surface area contributed by atoms with Crippen molar-refractivity contribution in [2.45, 2.75) is 39.3 Å². The van der Waals surface area contributed by atoms with E-state index < -0.39 is 0 Å². The van der Waals surface area contributed by atoms with E-state index in [0.717, 1.165) is 48.4 Å². The molecular weight excluding hydrogens is 462 g/mol. The molecule has 2 heterocycles. The summed E-state index contributed by atoms with van der Waals surface area (Å²) in [6.07, 6.45) is 2.25. The second-order valence-electron chi connectivity index (χ2n) is 10.1. The first-order valence-corrected chi connectivity index (χ1v) is 13.0. The van der Waals surface area contributed by atoms with Gasteiger partial charge in [-0.05, 0) is 86.7 Å². The molecule has 5 rings (SSSR count). The minimum Gasteiger partial charge on any atom is -0.497 e. The van der Waals surface area contributed by atoms with Crippen LogP contribution in [0.5, 0.6) is 11.5 Å². The van der Waals surface area contributed by atoms with E-state index in [1.54, 1.807) is 14.2 Å². The van der Waals surface area contributed by atoms with E-state index in [2.05, 4.69) is 18.7 Å². The van der Waals surface area contributed by atoms with Gasteiger partial charge in [0.1, 0.15) is 17.3 Å². The largest absolute Gasteiger partial charge is 0.497 e. The molecule has 1 aliphatic rings. The van der Waals surface area contributed by atoms with Gasteiger partial charge >= 0.3 is 0 Å². The molecular formula is C31H35N3O3. The molecule has 1 atom stereocenters. The molecule has 0 N–H and O–H groups in total. The minimum absolute atomic E-state index is 0.0112. The number of nitrogens with zero attached hydrogens (tertiary/aromatic N) is 3. The number of rotatable bonds is 7. The normalized spacial score (nSPS) is 16.3. The third-order valence-electron chi connectivity index (χ3n) is 7.45. The maximum absolute atomic E-state index is 14.1. The Kier molecular flexibility index (Phi) is 7.28. The van der Waals surface area contributed by atoms with E-state index >= 15 is 0 Å². The van der Waals surface area contributed by atoms with Crippen molar-refractivity contribution in [1.29, 1.82) is 0 Å². The van der Waals surface area contributed by atoms with Crippen LogP contribution in [0.2, 0.25) is 0 Å². The van der Waals surface area contributed by atoms with Gasteiger partial charge in [-0.3, -0.25) is 9.36 Å². The number of methoxy groups -OCH3 is 2. The van der Waals surface area contributed by atoms with Gasteiger partial charge in [-0.25, -0.2) is 4.98 Å². The van der Waals surface area contributed by atoms with Crippen LogP contribution in [0.3, 0.4) is 0 Å². The highest BCUT2D eigenvalue weighted by Crippen LogP contribution is 2.31. The maximum Gasteiger partial charge on any atom is 0.261 e. The van der Waals surface area contributed by atoms with Crippen LogP contribution >= 0.6 is 0 Å². The summed E-state index contributed by atoms with van der Waals surface area (Å²) < 4.78 is 12.9. The molecule has 0 radical (unpaired) electrons. The summed E-state index contributed by atoms with van der Waals surface area (Å²) in [6, 6.07) is 22.1. The van der Waals surface area contributed by atoms with Crippen molar-refractivity contribution in [3.8, 4) is 34.0 Å². The van der Waals surface area contributed by atoms with Crippen molar-refractivity contribution in [3.05, 3.63) is 77.1 Å². The third kappa shape index (κ3) is 5.12. The predicted molar refractivity (Wildman–Crippen MR) is 149 cm³/mol. The monoisotopic (exact) mass is 497 g/mol. The van der Waals surface area contributed by atoms with Crippen LogP contribution in [0, 0.1) is 5.92 Å². The molecule has 4 aromatic rings. The number of para-hydroxylation sites is 1. The average Bonchev–Trinajstić information content (AvgIpc) is 2.94. The average molecular weight is 498 g/mol. The fraction of sp³-hybridized carbons (Fsp3) is 0.355. The van der Waals surface area contributed by atoms with Gasteiger partial charge in [-0.2, -0.15) is 0 Å². The Morgan fingerprint density at radius 1 is 0.973 bits per heavy atom. The summed E-state index contributed by atoms with van der Waals surface area (Å²) in [6.45, 7) is 7.22. The fourth-order valence-corrected chi connectivity index (χ4v) is 5.36. The molecule has 6 heteroatoms. The molecule has 37 heavy (non-hydrogen) atoms. The number of hydrogen-bond acceptors (Lipinski definition) is 5. The molecule has 1 unspecified atom stereocenters. The van der Waals surface area contributed by atoms with Gasteiger partial charge in [0.05, 0.1) is 30.7 Å². The number of fused-ring (bicyclic) bond motifs is 1. The van der Waals surface area contributed by atoms with E-state index in [0.29, 0.717) is 41.0 Å². The summed E-state index contributed by atoms with van der Waals surface area (Å²) >= 11 is 0. The molecule has 0 aliphatic carbocycles. The van der Waals surface area contributed by atoms with Gasteiger partial charge < -0.3 is 14.4 Å². The molecule has 0 saturated carbocycles. The van der Waals surface area contributed by atoms with Crippen molar-refractivity contribution in [2.75, 3.05) is 27.3 Å². The molecule has 6 nitrogen and oxygen atoms in total. The molecule has 1 saturated heterocycles. The Hall–Kier alpha value is -3.64. The van der Waals surface area contributed by atoms with Crippen LogP contribution in [0.1, 0.15) is 26.7 Å². The molecule has 1 aliphatic heterocycles. The van der Waals surface area contributed by atoms with Crippen molar-refractivity contribution < 1.29 is 9.47 Å². The van der Waals surface area contributed by atoms with Gasteiger partial charge in [-0.15, -0.1) is 0 Å². The highest BCUT2D eigenvalue weighted by Gasteiger charge is 2.25. The summed E-state index contributed by atoms with van der Waals surface area (Å²) in [4.78, 5) is 21.7. The number of benzene rings is 3. The summed E-state index contributed by atoms with van der Waals surface area (Å²) in [5.74, 6) is 2.56. The smallest absolute Gasteiger partial charge is 0.261 e. The SMILES string of the molecule is COc1ccc(-c2ccc3nc(-c4ccccc4OC)n(CC4CCCN(C(C)C)C4)c(=O)c3c2)cc1. The lowest BCUT2D eigenvalue weighted by atomic mass is 9.96. The number of hydrogen-bond donors (Lipinski definition) is 0.